The number of nitrogens with zero attached hydrogens (tertiary/aromatic N) is 3. The molecule has 0 aliphatic carbocycles. The number of nitrogens with one attached hydrogen (secondary N) is 2. The van der Waals surface area contributed by atoms with Crippen molar-refractivity contribution in [1.29, 1.82) is 0 Å². The third kappa shape index (κ3) is 3.92. The molecule has 7 nitrogen and oxygen atoms in total. The van der Waals surface area contributed by atoms with Crippen molar-refractivity contribution in [2.24, 2.45) is 0 Å². The largest absolute Gasteiger partial charge is 0.493 e. The Hall–Kier alpha value is -1.67. The molecule has 2 aromatic rings. The van der Waals surface area contributed by atoms with E-state index in [1.165, 1.54) is 0 Å². The molecule has 2 rings (SSSR count). The van der Waals surface area contributed by atoms with Crippen LogP contribution in [-0.2, 0) is 6.54 Å². The van der Waals surface area contributed by atoms with E-state index in [4.69, 9.17) is 9.47 Å². The van der Waals surface area contributed by atoms with Gasteiger partial charge in [-0.25, -0.2) is 0 Å². The Bertz CT molecular complexity index is 576. The fourth-order valence-electron chi connectivity index (χ4n) is 1.87. The number of ether oxygens (including phenoxy) is 2. The molecule has 0 bridgehead atoms. The summed E-state index contributed by atoms with van der Waals surface area (Å²) in [5, 5.41) is 17.2. The first kappa shape index (κ1) is 15.7. The minimum Gasteiger partial charge on any atom is -0.493 e. The Morgan fingerprint density at radius 2 is 2.24 bits per heavy atom. The molecule has 0 saturated carbocycles. The Morgan fingerprint density at radius 3 is 2.86 bits per heavy atom. The fourth-order valence-corrected chi connectivity index (χ4v) is 2.48. The quantitative estimate of drug-likeness (QED) is 0.791. The van der Waals surface area contributed by atoms with E-state index >= 15 is 0 Å². The number of H-pyrrole nitrogens is 1. The lowest BCUT2D eigenvalue weighted by Gasteiger charge is -2.15. The summed E-state index contributed by atoms with van der Waals surface area (Å²) in [6.07, 6.45) is 0. The predicted molar refractivity (Wildman–Crippen MR) is 81.3 cm³/mol. The number of aromatic nitrogens is 4. The first-order valence-corrected chi connectivity index (χ1v) is 7.41. The molecule has 0 amide bonds. The monoisotopic (exact) mass is 355 g/mol. The molecule has 1 unspecified atom stereocenters. The predicted octanol–water partition coefficient (Wildman–Crippen LogP) is 2.22. The first-order chi connectivity index (χ1) is 10.2. The van der Waals surface area contributed by atoms with Gasteiger partial charge in [0.2, 0.25) is 0 Å². The van der Waals surface area contributed by atoms with Crippen LogP contribution in [0.4, 0.5) is 0 Å². The number of rotatable bonds is 7. The summed E-state index contributed by atoms with van der Waals surface area (Å²) in [5.74, 6) is 2.05. The van der Waals surface area contributed by atoms with Crippen LogP contribution in [0.2, 0.25) is 0 Å². The molecule has 0 radical (unpaired) electrons. The average Bonchev–Trinajstić information content (AvgIpc) is 3.01. The first-order valence-electron chi connectivity index (χ1n) is 6.61. The Morgan fingerprint density at radius 1 is 1.43 bits per heavy atom. The van der Waals surface area contributed by atoms with Gasteiger partial charge in [-0.15, -0.1) is 10.2 Å². The van der Waals surface area contributed by atoms with Crippen LogP contribution < -0.4 is 14.8 Å². The fraction of sp³-hybridized carbons (Fsp3) is 0.462. The molecule has 21 heavy (non-hydrogen) atoms. The lowest BCUT2D eigenvalue weighted by molar-refractivity contribution is 0.308. The summed E-state index contributed by atoms with van der Waals surface area (Å²) in [5.41, 5.74) is 1.07. The maximum atomic E-state index is 5.57. The van der Waals surface area contributed by atoms with Crippen molar-refractivity contribution in [2.45, 2.75) is 26.4 Å². The number of hydrogen-bond donors (Lipinski definition) is 2. The number of methoxy groups -OCH3 is 1. The molecule has 2 N–H and O–H groups in total. The van der Waals surface area contributed by atoms with Crippen LogP contribution in [0.5, 0.6) is 11.5 Å². The lowest BCUT2D eigenvalue weighted by Crippen LogP contribution is -2.19. The molecule has 1 aromatic heterocycles. The highest BCUT2D eigenvalue weighted by molar-refractivity contribution is 9.10. The molecule has 1 aromatic carbocycles. The van der Waals surface area contributed by atoms with Gasteiger partial charge in [-0.2, -0.15) is 5.21 Å². The average molecular weight is 356 g/mol. The van der Waals surface area contributed by atoms with Crippen LogP contribution in [0.1, 0.15) is 31.3 Å². The normalized spacial score (nSPS) is 12.2. The van der Waals surface area contributed by atoms with E-state index in [-0.39, 0.29) is 6.04 Å². The maximum Gasteiger partial charge on any atom is 0.191 e. The topological polar surface area (TPSA) is 85.0 Å². The summed E-state index contributed by atoms with van der Waals surface area (Å²) in [6, 6.07) is 3.95. The molecule has 1 atom stereocenters. The summed E-state index contributed by atoms with van der Waals surface area (Å²) in [4.78, 5) is 0. The van der Waals surface area contributed by atoms with Crippen molar-refractivity contribution in [2.75, 3.05) is 13.7 Å². The Kier molecular flexibility index (Phi) is 5.51. The third-order valence-corrected chi connectivity index (χ3v) is 3.53. The van der Waals surface area contributed by atoms with Crippen LogP contribution in [0.15, 0.2) is 16.6 Å². The molecule has 0 spiro atoms. The maximum absolute atomic E-state index is 5.57. The van der Waals surface area contributed by atoms with Gasteiger partial charge in [0.1, 0.15) is 0 Å². The van der Waals surface area contributed by atoms with Crippen molar-refractivity contribution in [3.05, 3.63) is 28.0 Å². The Balaban J connectivity index is 2.08. The van der Waals surface area contributed by atoms with E-state index in [9.17, 15) is 0 Å². The summed E-state index contributed by atoms with van der Waals surface area (Å²) in [6.45, 7) is 5.15. The van der Waals surface area contributed by atoms with Gasteiger partial charge >= 0.3 is 0 Å². The Labute approximate surface area is 131 Å². The SMILES string of the molecule is CCOc1c(Br)cc(CNC(C)c2nn[nH]n2)cc1OC. The van der Waals surface area contributed by atoms with E-state index in [0.717, 1.165) is 15.8 Å². The smallest absolute Gasteiger partial charge is 0.191 e. The molecule has 0 fully saturated rings. The highest BCUT2D eigenvalue weighted by Gasteiger charge is 2.13. The zero-order valence-electron chi connectivity index (χ0n) is 12.2. The second-order valence-electron chi connectivity index (χ2n) is 4.41. The highest BCUT2D eigenvalue weighted by atomic mass is 79.9. The van der Waals surface area contributed by atoms with E-state index in [1.807, 2.05) is 26.0 Å². The number of aromatic amines is 1. The molecular weight excluding hydrogens is 338 g/mol. The van der Waals surface area contributed by atoms with E-state index < -0.39 is 0 Å². The number of tetrazole rings is 1. The lowest BCUT2D eigenvalue weighted by atomic mass is 10.2. The van der Waals surface area contributed by atoms with E-state index in [0.29, 0.717) is 24.7 Å². The van der Waals surface area contributed by atoms with Crippen LogP contribution >= 0.6 is 15.9 Å². The number of benzene rings is 1. The molecule has 0 saturated heterocycles. The van der Waals surface area contributed by atoms with Crippen molar-refractivity contribution in [1.82, 2.24) is 25.9 Å². The summed E-state index contributed by atoms with van der Waals surface area (Å²) >= 11 is 3.51. The van der Waals surface area contributed by atoms with E-state index in [1.54, 1.807) is 7.11 Å². The minimum absolute atomic E-state index is 0.0000822. The highest BCUT2D eigenvalue weighted by Crippen LogP contribution is 2.36. The van der Waals surface area contributed by atoms with Crippen LogP contribution in [0, 0.1) is 0 Å². The zero-order valence-corrected chi connectivity index (χ0v) is 13.8. The van der Waals surface area contributed by atoms with Gasteiger partial charge in [0, 0.05) is 6.54 Å². The van der Waals surface area contributed by atoms with Crippen molar-refractivity contribution >= 4 is 15.9 Å². The van der Waals surface area contributed by atoms with Crippen molar-refractivity contribution in [3.63, 3.8) is 0 Å². The van der Waals surface area contributed by atoms with Crippen LogP contribution in [0.3, 0.4) is 0 Å². The van der Waals surface area contributed by atoms with E-state index in [2.05, 4.69) is 41.9 Å². The van der Waals surface area contributed by atoms with Gasteiger partial charge in [-0.1, -0.05) is 5.21 Å². The van der Waals surface area contributed by atoms with Gasteiger partial charge in [0.15, 0.2) is 17.3 Å². The number of hydrogen-bond acceptors (Lipinski definition) is 6. The molecule has 8 heteroatoms. The second-order valence-corrected chi connectivity index (χ2v) is 5.27. The molecule has 1 heterocycles. The summed E-state index contributed by atoms with van der Waals surface area (Å²) < 4.78 is 11.8. The minimum atomic E-state index is 0.0000822. The standard InChI is InChI=1S/C13H18BrN5O2/c1-4-21-12-10(14)5-9(6-11(12)20-3)7-15-8(2)13-16-18-19-17-13/h5-6,8,15H,4,7H2,1-3H3,(H,16,17,18,19). The van der Waals surface area contributed by atoms with Gasteiger partial charge in [0.25, 0.3) is 0 Å². The van der Waals surface area contributed by atoms with Gasteiger partial charge in [-0.3, -0.25) is 0 Å². The van der Waals surface area contributed by atoms with Crippen LogP contribution in [0.25, 0.3) is 0 Å². The molecule has 0 aliphatic rings. The molecule has 0 aliphatic heterocycles. The molecule has 114 valence electrons. The third-order valence-electron chi connectivity index (χ3n) is 2.94. The van der Waals surface area contributed by atoms with Crippen LogP contribution in [-0.4, -0.2) is 34.3 Å². The number of halogens is 1. The van der Waals surface area contributed by atoms with Crippen molar-refractivity contribution in [3.8, 4) is 11.5 Å². The van der Waals surface area contributed by atoms with Gasteiger partial charge in [0.05, 0.1) is 24.2 Å². The summed E-state index contributed by atoms with van der Waals surface area (Å²) in [7, 11) is 1.63. The van der Waals surface area contributed by atoms with Crippen molar-refractivity contribution < 1.29 is 9.47 Å². The molecular formula is C13H18BrN5O2. The van der Waals surface area contributed by atoms with Gasteiger partial charge in [-0.05, 0) is 47.5 Å². The van der Waals surface area contributed by atoms with Gasteiger partial charge < -0.3 is 14.8 Å². The second kappa shape index (κ2) is 7.37. The zero-order chi connectivity index (χ0) is 15.2.